The van der Waals surface area contributed by atoms with E-state index in [1.807, 2.05) is 13.8 Å². The summed E-state index contributed by atoms with van der Waals surface area (Å²) < 4.78 is 53.0. The molecule has 1 aromatic carbocycles. The molecule has 0 aromatic heterocycles. The van der Waals surface area contributed by atoms with Crippen LogP contribution in [-0.4, -0.2) is 25.8 Å². The molecule has 114 valence electrons. The molecule has 0 aliphatic heterocycles. The normalized spacial score (nSPS) is 12.1. The Morgan fingerprint density at radius 1 is 1.05 bits per heavy atom. The van der Waals surface area contributed by atoms with E-state index in [9.17, 15) is 17.2 Å². The van der Waals surface area contributed by atoms with Gasteiger partial charge in [-0.15, -0.1) is 0 Å². The van der Waals surface area contributed by atoms with Crippen LogP contribution in [-0.2, 0) is 10.0 Å². The van der Waals surface area contributed by atoms with Crippen LogP contribution < -0.4 is 0 Å². The maximum atomic E-state index is 13.7. The second-order valence-corrected chi connectivity index (χ2v) is 6.59. The zero-order valence-electron chi connectivity index (χ0n) is 11.9. The predicted octanol–water partition coefficient (Wildman–Crippen LogP) is 3.56. The van der Waals surface area contributed by atoms with Gasteiger partial charge >= 0.3 is 0 Å². The van der Waals surface area contributed by atoms with Crippen LogP contribution in [0.15, 0.2) is 23.1 Å². The van der Waals surface area contributed by atoms with Crippen molar-refractivity contribution in [1.82, 2.24) is 4.31 Å². The molecule has 0 aliphatic carbocycles. The first-order valence-electron chi connectivity index (χ1n) is 6.88. The Morgan fingerprint density at radius 3 is 2.10 bits per heavy atom. The highest BCUT2D eigenvalue weighted by Crippen LogP contribution is 2.21. The van der Waals surface area contributed by atoms with Gasteiger partial charge in [0.25, 0.3) is 0 Å². The van der Waals surface area contributed by atoms with Crippen molar-refractivity contribution in [3.63, 3.8) is 0 Å². The van der Waals surface area contributed by atoms with Gasteiger partial charge in [-0.05, 0) is 31.0 Å². The van der Waals surface area contributed by atoms with E-state index in [4.69, 9.17) is 0 Å². The summed E-state index contributed by atoms with van der Waals surface area (Å²) in [4.78, 5) is -0.579. The summed E-state index contributed by atoms with van der Waals surface area (Å²) in [5.74, 6) is -1.67. The third kappa shape index (κ3) is 4.24. The van der Waals surface area contributed by atoms with Crippen molar-refractivity contribution in [1.29, 1.82) is 0 Å². The largest absolute Gasteiger partial charge is 0.246 e. The molecule has 0 bridgehead atoms. The highest BCUT2D eigenvalue weighted by molar-refractivity contribution is 7.89. The maximum absolute atomic E-state index is 13.7. The van der Waals surface area contributed by atoms with E-state index >= 15 is 0 Å². The minimum atomic E-state index is -3.98. The second-order valence-electron chi connectivity index (χ2n) is 4.69. The zero-order valence-corrected chi connectivity index (χ0v) is 12.7. The topological polar surface area (TPSA) is 37.4 Å². The lowest BCUT2D eigenvalue weighted by Crippen LogP contribution is -2.33. The fraction of sp³-hybridized carbons (Fsp3) is 0.571. The van der Waals surface area contributed by atoms with Gasteiger partial charge in [-0.3, -0.25) is 0 Å². The molecule has 0 aliphatic rings. The summed E-state index contributed by atoms with van der Waals surface area (Å²) in [5.41, 5.74) is 0. The number of sulfonamides is 1. The summed E-state index contributed by atoms with van der Waals surface area (Å²) in [6.07, 6.45) is 3.06. The van der Waals surface area contributed by atoms with E-state index in [0.29, 0.717) is 25.9 Å². The first-order chi connectivity index (χ1) is 9.43. The smallest absolute Gasteiger partial charge is 0.207 e. The number of nitrogens with zero attached hydrogens (tertiary/aromatic N) is 1. The van der Waals surface area contributed by atoms with Crippen LogP contribution in [0, 0.1) is 11.6 Å². The highest BCUT2D eigenvalue weighted by Gasteiger charge is 2.27. The van der Waals surface area contributed by atoms with Gasteiger partial charge in [-0.2, -0.15) is 4.31 Å². The molecule has 0 saturated heterocycles. The number of halogens is 2. The molecular formula is C14H21F2NO2S. The minimum absolute atomic E-state index is 0.328. The number of hydrogen-bond donors (Lipinski definition) is 0. The fourth-order valence-electron chi connectivity index (χ4n) is 1.84. The van der Waals surface area contributed by atoms with Crippen molar-refractivity contribution in [2.45, 2.75) is 44.4 Å². The number of hydrogen-bond acceptors (Lipinski definition) is 2. The summed E-state index contributed by atoms with van der Waals surface area (Å²) in [6.45, 7) is 4.56. The molecule has 0 amide bonds. The molecule has 0 radical (unpaired) electrons. The summed E-state index contributed by atoms with van der Waals surface area (Å²) in [5, 5.41) is 0. The van der Waals surface area contributed by atoms with Crippen molar-refractivity contribution in [3.8, 4) is 0 Å². The van der Waals surface area contributed by atoms with Gasteiger partial charge in [-0.1, -0.05) is 26.7 Å². The average Bonchev–Trinajstić information content (AvgIpc) is 2.41. The average molecular weight is 305 g/mol. The highest BCUT2D eigenvalue weighted by atomic mass is 32.2. The van der Waals surface area contributed by atoms with Crippen molar-refractivity contribution in [2.24, 2.45) is 0 Å². The van der Waals surface area contributed by atoms with Gasteiger partial charge in [0.1, 0.15) is 16.5 Å². The first-order valence-corrected chi connectivity index (χ1v) is 8.32. The molecular weight excluding hydrogens is 284 g/mol. The molecule has 0 atom stereocenters. The number of rotatable bonds is 8. The lowest BCUT2D eigenvalue weighted by Gasteiger charge is -2.22. The van der Waals surface area contributed by atoms with Crippen molar-refractivity contribution in [2.75, 3.05) is 13.1 Å². The maximum Gasteiger partial charge on any atom is 0.246 e. The molecule has 0 heterocycles. The zero-order chi connectivity index (χ0) is 15.2. The van der Waals surface area contributed by atoms with Gasteiger partial charge < -0.3 is 0 Å². The molecule has 0 spiro atoms. The molecule has 6 heteroatoms. The van der Waals surface area contributed by atoms with Crippen LogP contribution in [0.2, 0.25) is 0 Å². The van der Waals surface area contributed by atoms with Gasteiger partial charge in [0, 0.05) is 13.1 Å². The number of unbranched alkanes of at least 4 members (excludes halogenated alkanes) is 2. The first kappa shape index (κ1) is 17.0. The van der Waals surface area contributed by atoms with E-state index < -0.39 is 26.6 Å². The molecule has 0 N–H and O–H groups in total. The Kier molecular flexibility index (Phi) is 6.55. The predicted molar refractivity (Wildman–Crippen MR) is 74.9 cm³/mol. The SMILES string of the molecule is CCCCN(CCCC)S(=O)(=O)c1cc(F)ccc1F. The Labute approximate surface area is 119 Å². The van der Waals surface area contributed by atoms with E-state index in [2.05, 4.69) is 0 Å². The van der Waals surface area contributed by atoms with Gasteiger partial charge in [0.15, 0.2) is 0 Å². The van der Waals surface area contributed by atoms with E-state index in [1.54, 1.807) is 0 Å². The molecule has 3 nitrogen and oxygen atoms in total. The Bertz CT molecular complexity index is 524. The van der Waals surface area contributed by atoms with Gasteiger partial charge in [0.2, 0.25) is 10.0 Å². The molecule has 0 fully saturated rings. The Hall–Kier alpha value is -1.01. The van der Waals surface area contributed by atoms with Crippen LogP contribution in [0.5, 0.6) is 0 Å². The Morgan fingerprint density at radius 2 is 1.60 bits per heavy atom. The van der Waals surface area contributed by atoms with Gasteiger partial charge in [0.05, 0.1) is 0 Å². The van der Waals surface area contributed by atoms with E-state index in [1.165, 1.54) is 4.31 Å². The van der Waals surface area contributed by atoms with E-state index in [-0.39, 0.29) is 0 Å². The lowest BCUT2D eigenvalue weighted by atomic mass is 10.3. The fourth-order valence-corrected chi connectivity index (χ4v) is 3.43. The standard InChI is InChI=1S/C14H21F2NO2S/c1-3-5-9-17(10-6-4-2)20(18,19)14-11-12(15)7-8-13(14)16/h7-8,11H,3-6,9-10H2,1-2H3. The van der Waals surface area contributed by atoms with Crippen molar-refractivity contribution < 1.29 is 17.2 Å². The summed E-state index contributed by atoms with van der Waals surface area (Å²) in [7, 11) is -3.98. The molecule has 0 saturated carbocycles. The Balaban J connectivity index is 3.10. The molecule has 20 heavy (non-hydrogen) atoms. The van der Waals surface area contributed by atoms with Crippen LogP contribution >= 0.6 is 0 Å². The second kappa shape index (κ2) is 7.69. The van der Waals surface area contributed by atoms with Gasteiger partial charge in [-0.25, -0.2) is 17.2 Å². The quantitative estimate of drug-likeness (QED) is 0.736. The van der Waals surface area contributed by atoms with E-state index in [0.717, 1.165) is 31.0 Å². The van der Waals surface area contributed by atoms with Crippen LogP contribution in [0.25, 0.3) is 0 Å². The third-order valence-corrected chi connectivity index (χ3v) is 4.95. The molecule has 0 unspecified atom stereocenters. The molecule has 1 aromatic rings. The minimum Gasteiger partial charge on any atom is -0.207 e. The van der Waals surface area contributed by atoms with Crippen molar-refractivity contribution >= 4 is 10.0 Å². The monoisotopic (exact) mass is 305 g/mol. The lowest BCUT2D eigenvalue weighted by molar-refractivity contribution is 0.392. The summed E-state index contributed by atoms with van der Waals surface area (Å²) in [6, 6.07) is 2.51. The van der Waals surface area contributed by atoms with Crippen LogP contribution in [0.4, 0.5) is 8.78 Å². The van der Waals surface area contributed by atoms with Crippen molar-refractivity contribution in [3.05, 3.63) is 29.8 Å². The third-order valence-electron chi connectivity index (χ3n) is 3.03. The van der Waals surface area contributed by atoms with Crippen LogP contribution in [0.1, 0.15) is 39.5 Å². The van der Waals surface area contributed by atoms with Crippen LogP contribution in [0.3, 0.4) is 0 Å². The summed E-state index contributed by atoms with van der Waals surface area (Å²) >= 11 is 0. The number of benzene rings is 1. The molecule has 1 rings (SSSR count).